The molecule has 0 amide bonds. The molecule has 3 aromatic carbocycles. The molecular formula is C19H17FN2S. The van der Waals surface area contributed by atoms with Gasteiger partial charge >= 0.3 is 0 Å². The second-order valence-electron chi connectivity index (χ2n) is 5.40. The second-order valence-corrected chi connectivity index (χ2v) is 5.80. The van der Waals surface area contributed by atoms with Crippen molar-refractivity contribution in [3.05, 3.63) is 78.1 Å². The van der Waals surface area contributed by atoms with E-state index < -0.39 is 0 Å². The van der Waals surface area contributed by atoms with E-state index in [0.29, 0.717) is 5.11 Å². The number of thiocarbonyl (C=S) groups is 1. The van der Waals surface area contributed by atoms with Gasteiger partial charge in [-0.25, -0.2) is 4.39 Å². The maximum absolute atomic E-state index is 12.9. The van der Waals surface area contributed by atoms with Crippen LogP contribution in [0.4, 0.5) is 10.1 Å². The van der Waals surface area contributed by atoms with Gasteiger partial charge in [0, 0.05) is 5.69 Å². The Kier molecular flexibility index (Phi) is 4.53. The largest absolute Gasteiger partial charge is 0.356 e. The Morgan fingerprint density at radius 1 is 0.957 bits per heavy atom. The molecule has 0 aliphatic rings. The molecule has 23 heavy (non-hydrogen) atoms. The quantitative estimate of drug-likeness (QED) is 0.661. The number of anilines is 1. The van der Waals surface area contributed by atoms with Crippen molar-refractivity contribution in [2.24, 2.45) is 0 Å². The molecule has 3 aromatic rings. The minimum atomic E-state index is -0.265. The molecule has 0 heterocycles. The van der Waals surface area contributed by atoms with E-state index in [1.54, 1.807) is 12.1 Å². The van der Waals surface area contributed by atoms with E-state index in [-0.39, 0.29) is 11.9 Å². The first-order chi connectivity index (χ1) is 11.1. The van der Waals surface area contributed by atoms with E-state index in [1.165, 1.54) is 28.5 Å². The zero-order valence-electron chi connectivity index (χ0n) is 12.7. The molecule has 0 aliphatic carbocycles. The van der Waals surface area contributed by atoms with E-state index in [4.69, 9.17) is 12.2 Å². The van der Waals surface area contributed by atoms with Crippen LogP contribution in [0.2, 0.25) is 0 Å². The number of halogens is 1. The summed E-state index contributed by atoms with van der Waals surface area (Å²) in [5.41, 5.74) is 1.94. The third kappa shape index (κ3) is 3.66. The summed E-state index contributed by atoms with van der Waals surface area (Å²) in [6, 6.07) is 20.7. The van der Waals surface area contributed by atoms with Gasteiger partial charge in [-0.1, -0.05) is 42.5 Å². The van der Waals surface area contributed by atoms with Crippen LogP contribution < -0.4 is 10.6 Å². The standard InChI is InChI=1S/C19H17FN2S/c1-13(17-8-4-6-14-5-2-3-7-18(14)17)21-19(23)22-16-11-9-15(20)10-12-16/h2-13H,1H3,(H2,21,22,23). The highest BCUT2D eigenvalue weighted by Gasteiger charge is 2.10. The van der Waals surface area contributed by atoms with Gasteiger partial charge < -0.3 is 10.6 Å². The molecule has 3 rings (SSSR count). The first-order valence-corrected chi connectivity index (χ1v) is 7.85. The highest BCUT2D eigenvalue weighted by atomic mass is 32.1. The molecule has 0 fully saturated rings. The zero-order chi connectivity index (χ0) is 16.2. The fourth-order valence-electron chi connectivity index (χ4n) is 2.60. The predicted molar refractivity (Wildman–Crippen MR) is 98.1 cm³/mol. The van der Waals surface area contributed by atoms with Crippen molar-refractivity contribution in [3.8, 4) is 0 Å². The lowest BCUT2D eigenvalue weighted by molar-refractivity contribution is 0.628. The third-order valence-electron chi connectivity index (χ3n) is 3.74. The maximum atomic E-state index is 12.9. The Hall–Kier alpha value is -2.46. The van der Waals surface area contributed by atoms with E-state index in [0.717, 1.165) is 5.69 Å². The lowest BCUT2D eigenvalue weighted by Gasteiger charge is -2.19. The summed E-state index contributed by atoms with van der Waals surface area (Å²) in [4.78, 5) is 0. The van der Waals surface area contributed by atoms with Gasteiger partial charge in [0.1, 0.15) is 5.82 Å². The van der Waals surface area contributed by atoms with Crippen LogP contribution in [0.3, 0.4) is 0 Å². The first-order valence-electron chi connectivity index (χ1n) is 7.44. The smallest absolute Gasteiger partial charge is 0.171 e. The maximum Gasteiger partial charge on any atom is 0.171 e. The van der Waals surface area contributed by atoms with Gasteiger partial charge in [0.15, 0.2) is 5.11 Å². The fourth-order valence-corrected chi connectivity index (χ4v) is 2.90. The van der Waals surface area contributed by atoms with E-state index in [2.05, 4.69) is 41.8 Å². The molecule has 1 unspecified atom stereocenters. The van der Waals surface area contributed by atoms with Gasteiger partial charge in [-0.05, 0) is 59.7 Å². The predicted octanol–water partition coefficient (Wildman–Crippen LogP) is 5.03. The SMILES string of the molecule is CC(NC(=S)Nc1ccc(F)cc1)c1cccc2ccccc12. The van der Waals surface area contributed by atoms with Crippen LogP contribution in [0.5, 0.6) is 0 Å². The van der Waals surface area contributed by atoms with Gasteiger partial charge in [-0.15, -0.1) is 0 Å². The number of hydrogen-bond acceptors (Lipinski definition) is 1. The number of hydrogen-bond donors (Lipinski definition) is 2. The molecule has 0 saturated carbocycles. The Balaban J connectivity index is 1.74. The molecule has 4 heteroatoms. The monoisotopic (exact) mass is 324 g/mol. The van der Waals surface area contributed by atoms with Crippen molar-refractivity contribution < 1.29 is 4.39 Å². The van der Waals surface area contributed by atoms with Gasteiger partial charge in [0.05, 0.1) is 6.04 Å². The lowest BCUT2D eigenvalue weighted by atomic mass is 10.00. The summed E-state index contributed by atoms with van der Waals surface area (Å²) in [5.74, 6) is -0.265. The van der Waals surface area contributed by atoms with E-state index in [1.807, 2.05) is 18.2 Å². The molecule has 0 saturated heterocycles. The normalized spacial score (nSPS) is 11.9. The van der Waals surface area contributed by atoms with Crippen LogP contribution in [-0.4, -0.2) is 5.11 Å². The highest BCUT2D eigenvalue weighted by Crippen LogP contribution is 2.24. The Morgan fingerprint density at radius 2 is 1.65 bits per heavy atom. The van der Waals surface area contributed by atoms with Gasteiger partial charge in [-0.3, -0.25) is 0 Å². The van der Waals surface area contributed by atoms with Crippen LogP contribution >= 0.6 is 12.2 Å². The molecule has 0 spiro atoms. The number of benzene rings is 3. The van der Waals surface area contributed by atoms with Crippen molar-refractivity contribution in [2.75, 3.05) is 5.32 Å². The second kappa shape index (κ2) is 6.75. The summed E-state index contributed by atoms with van der Waals surface area (Å²) < 4.78 is 12.9. The molecule has 0 bridgehead atoms. The average Bonchev–Trinajstić information content (AvgIpc) is 2.56. The van der Waals surface area contributed by atoms with Crippen LogP contribution in [0.25, 0.3) is 10.8 Å². The highest BCUT2D eigenvalue weighted by molar-refractivity contribution is 7.80. The first kappa shape index (κ1) is 15.4. The van der Waals surface area contributed by atoms with E-state index >= 15 is 0 Å². The molecule has 1 atom stereocenters. The summed E-state index contributed by atoms with van der Waals surface area (Å²) in [6.07, 6.45) is 0. The fraction of sp³-hybridized carbons (Fsp3) is 0.105. The minimum absolute atomic E-state index is 0.0570. The molecular weight excluding hydrogens is 307 g/mol. The molecule has 2 nitrogen and oxygen atoms in total. The van der Waals surface area contributed by atoms with E-state index in [9.17, 15) is 4.39 Å². The van der Waals surface area contributed by atoms with Gasteiger partial charge in [0.25, 0.3) is 0 Å². The summed E-state index contributed by atoms with van der Waals surface area (Å²) >= 11 is 5.35. The Morgan fingerprint density at radius 3 is 2.43 bits per heavy atom. The van der Waals surface area contributed by atoms with Gasteiger partial charge in [-0.2, -0.15) is 0 Å². The lowest BCUT2D eigenvalue weighted by Crippen LogP contribution is -2.31. The molecule has 116 valence electrons. The van der Waals surface area contributed by atoms with Crippen LogP contribution in [0.15, 0.2) is 66.7 Å². The van der Waals surface area contributed by atoms with Crippen LogP contribution in [0, 0.1) is 5.82 Å². The number of rotatable bonds is 3. The third-order valence-corrected chi connectivity index (χ3v) is 3.96. The number of fused-ring (bicyclic) bond motifs is 1. The van der Waals surface area contributed by atoms with Crippen LogP contribution in [-0.2, 0) is 0 Å². The average molecular weight is 324 g/mol. The molecule has 2 N–H and O–H groups in total. The summed E-state index contributed by atoms with van der Waals surface area (Å²) in [5, 5.41) is 9.27. The van der Waals surface area contributed by atoms with Gasteiger partial charge in [0.2, 0.25) is 0 Å². The molecule has 0 aromatic heterocycles. The number of nitrogens with one attached hydrogen (secondary N) is 2. The van der Waals surface area contributed by atoms with Crippen molar-refractivity contribution in [2.45, 2.75) is 13.0 Å². The zero-order valence-corrected chi connectivity index (χ0v) is 13.5. The Bertz CT molecular complexity index is 825. The van der Waals surface area contributed by atoms with Crippen LogP contribution in [0.1, 0.15) is 18.5 Å². The van der Waals surface area contributed by atoms with Crippen molar-refractivity contribution >= 4 is 33.8 Å². The van der Waals surface area contributed by atoms with Crippen molar-refractivity contribution in [1.29, 1.82) is 0 Å². The molecule has 0 aliphatic heterocycles. The topological polar surface area (TPSA) is 24.1 Å². The minimum Gasteiger partial charge on any atom is -0.356 e. The Labute approximate surface area is 140 Å². The summed E-state index contributed by atoms with van der Waals surface area (Å²) in [6.45, 7) is 2.07. The molecule has 0 radical (unpaired) electrons. The van der Waals surface area contributed by atoms with Crippen molar-refractivity contribution in [3.63, 3.8) is 0 Å². The summed E-state index contributed by atoms with van der Waals surface area (Å²) in [7, 11) is 0. The van der Waals surface area contributed by atoms with Crippen molar-refractivity contribution in [1.82, 2.24) is 5.32 Å².